The monoisotopic (exact) mass is 452 g/mol. The summed E-state index contributed by atoms with van der Waals surface area (Å²) in [5.74, 6) is -0.877. The summed E-state index contributed by atoms with van der Waals surface area (Å²) in [6.45, 7) is 3.70. The third kappa shape index (κ3) is 4.94. The van der Waals surface area contributed by atoms with Crippen LogP contribution in [0.2, 0.25) is 5.02 Å². The molecule has 154 valence electrons. The topological polar surface area (TPSA) is 92.3 Å². The van der Waals surface area contributed by atoms with E-state index in [1.807, 2.05) is 6.92 Å². The van der Waals surface area contributed by atoms with Gasteiger partial charge in [0, 0.05) is 22.0 Å². The number of hydrogen-bond acceptors (Lipinski definition) is 5. The zero-order valence-electron chi connectivity index (χ0n) is 16.0. The number of amides is 2. The van der Waals surface area contributed by atoms with Crippen LogP contribution in [0.25, 0.3) is 0 Å². The van der Waals surface area contributed by atoms with Gasteiger partial charge in [-0.25, -0.2) is 8.42 Å². The van der Waals surface area contributed by atoms with Crippen molar-refractivity contribution in [1.29, 1.82) is 0 Å². The summed E-state index contributed by atoms with van der Waals surface area (Å²) in [4.78, 5) is 25.2. The molecule has 1 aliphatic rings. The van der Waals surface area contributed by atoms with Gasteiger partial charge in [-0.3, -0.25) is 9.59 Å². The molecule has 3 rings (SSSR count). The van der Waals surface area contributed by atoms with Crippen LogP contribution >= 0.6 is 23.4 Å². The summed E-state index contributed by atoms with van der Waals surface area (Å²) >= 11 is 7.46. The second-order valence-corrected chi connectivity index (χ2v) is 10.5. The van der Waals surface area contributed by atoms with E-state index < -0.39 is 15.7 Å². The van der Waals surface area contributed by atoms with Crippen LogP contribution < -0.4 is 10.6 Å². The first-order valence-electron chi connectivity index (χ1n) is 9.10. The number of nitrogens with one attached hydrogen (secondary N) is 2. The van der Waals surface area contributed by atoms with E-state index in [-0.39, 0.29) is 28.2 Å². The first kappa shape index (κ1) is 21.7. The van der Waals surface area contributed by atoms with Crippen molar-refractivity contribution in [2.24, 2.45) is 0 Å². The molecule has 2 aromatic carbocycles. The largest absolute Gasteiger partial charge is 0.326 e. The van der Waals surface area contributed by atoms with Crippen molar-refractivity contribution in [3.05, 3.63) is 47.0 Å². The van der Waals surface area contributed by atoms with Gasteiger partial charge in [0.15, 0.2) is 9.84 Å². The smallest absolute Gasteiger partial charge is 0.237 e. The molecular formula is C20H21ClN2O4S2. The number of thioether (sulfide) groups is 1. The Morgan fingerprint density at radius 1 is 1.28 bits per heavy atom. The summed E-state index contributed by atoms with van der Waals surface area (Å²) in [7, 11) is -3.68. The van der Waals surface area contributed by atoms with Gasteiger partial charge in [-0.05, 0) is 49.2 Å². The van der Waals surface area contributed by atoms with Crippen molar-refractivity contribution in [3.63, 3.8) is 0 Å². The average Bonchev–Trinajstić information content (AvgIpc) is 2.69. The van der Waals surface area contributed by atoms with Crippen molar-refractivity contribution in [1.82, 2.24) is 0 Å². The molecule has 0 saturated carbocycles. The third-order valence-corrected chi connectivity index (χ3v) is 8.21. The van der Waals surface area contributed by atoms with Gasteiger partial charge in [0.2, 0.25) is 11.8 Å². The molecule has 1 aliphatic heterocycles. The molecule has 0 bridgehead atoms. The van der Waals surface area contributed by atoms with Crippen molar-refractivity contribution in [2.75, 3.05) is 16.4 Å². The zero-order chi connectivity index (χ0) is 21.2. The Morgan fingerprint density at radius 2 is 2.03 bits per heavy atom. The lowest BCUT2D eigenvalue weighted by atomic mass is 10.2. The molecule has 2 N–H and O–H groups in total. The van der Waals surface area contributed by atoms with Crippen molar-refractivity contribution in [3.8, 4) is 0 Å². The Kier molecular flexibility index (Phi) is 6.55. The quantitative estimate of drug-likeness (QED) is 0.682. The molecule has 0 aliphatic carbocycles. The summed E-state index contributed by atoms with van der Waals surface area (Å²) in [5, 5.41) is 5.81. The van der Waals surface area contributed by atoms with E-state index in [1.165, 1.54) is 23.9 Å². The minimum absolute atomic E-state index is 0.0823. The fourth-order valence-corrected chi connectivity index (χ4v) is 5.35. The van der Waals surface area contributed by atoms with Crippen LogP contribution in [0, 0.1) is 6.92 Å². The van der Waals surface area contributed by atoms with Gasteiger partial charge in [-0.2, -0.15) is 0 Å². The maximum atomic E-state index is 12.7. The molecule has 0 fully saturated rings. The summed E-state index contributed by atoms with van der Waals surface area (Å²) < 4.78 is 25.4. The maximum Gasteiger partial charge on any atom is 0.237 e. The molecule has 2 aromatic rings. The van der Waals surface area contributed by atoms with Crippen LogP contribution in [-0.4, -0.2) is 31.2 Å². The van der Waals surface area contributed by atoms with Gasteiger partial charge in [0.05, 0.1) is 21.6 Å². The molecule has 0 unspecified atom stereocenters. The van der Waals surface area contributed by atoms with Crippen molar-refractivity contribution >= 4 is 56.4 Å². The molecule has 0 saturated heterocycles. The molecule has 6 nitrogen and oxygen atoms in total. The molecule has 1 heterocycles. The Balaban J connectivity index is 1.68. The van der Waals surface area contributed by atoms with Crippen molar-refractivity contribution in [2.45, 2.75) is 41.7 Å². The summed E-state index contributed by atoms with van der Waals surface area (Å²) in [6.07, 6.45) is 0.502. The number of halogens is 1. The average molecular weight is 453 g/mol. The Morgan fingerprint density at radius 3 is 2.76 bits per heavy atom. The Bertz CT molecular complexity index is 1070. The van der Waals surface area contributed by atoms with Gasteiger partial charge < -0.3 is 10.6 Å². The lowest BCUT2D eigenvalue weighted by Crippen LogP contribution is -2.28. The first-order chi connectivity index (χ1) is 13.7. The lowest BCUT2D eigenvalue weighted by molar-refractivity contribution is -0.116. The second-order valence-electron chi connectivity index (χ2n) is 6.69. The lowest BCUT2D eigenvalue weighted by Gasteiger charge is -2.23. The number of hydrogen-bond donors (Lipinski definition) is 2. The third-order valence-electron chi connectivity index (χ3n) is 4.64. The molecular weight excluding hydrogens is 432 g/mol. The minimum atomic E-state index is -3.68. The standard InChI is InChI=1S/C20H21ClN2O4S2/c1-3-17-20(25)23-16-11-13(7-8-18(16)28-17)29(26,27)10-9-19(24)22-15-6-4-5-14(21)12(15)2/h4-8,11,17H,3,9-10H2,1-2H3,(H,22,24)(H,23,25)/t17-/m0/s1. The zero-order valence-corrected chi connectivity index (χ0v) is 18.4. The van der Waals surface area contributed by atoms with Gasteiger partial charge in [0.25, 0.3) is 0 Å². The summed E-state index contributed by atoms with van der Waals surface area (Å²) in [6, 6.07) is 9.81. The number of benzene rings is 2. The number of rotatable bonds is 6. The van der Waals surface area contributed by atoms with E-state index in [2.05, 4.69) is 10.6 Å². The normalized spacial score (nSPS) is 16.1. The predicted octanol–water partition coefficient (Wildman–Crippen LogP) is 4.27. The van der Waals surface area contributed by atoms with Crippen LogP contribution in [0.4, 0.5) is 11.4 Å². The van der Waals surface area contributed by atoms with E-state index in [0.717, 1.165) is 10.5 Å². The van der Waals surface area contributed by atoms with Gasteiger partial charge >= 0.3 is 0 Å². The fraction of sp³-hybridized carbons (Fsp3) is 0.300. The van der Waals surface area contributed by atoms with E-state index in [4.69, 9.17) is 11.6 Å². The molecule has 0 aromatic heterocycles. The molecule has 0 spiro atoms. The first-order valence-corrected chi connectivity index (χ1v) is 12.0. The number of carbonyl (C=O) groups excluding carboxylic acids is 2. The summed E-state index contributed by atoms with van der Waals surface area (Å²) in [5.41, 5.74) is 1.77. The highest BCUT2D eigenvalue weighted by molar-refractivity contribution is 8.01. The highest BCUT2D eigenvalue weighted by Crippen LogP contribution is 2.38. The minimum Gasteiger partial charge on any atom is -0.326 e. The Hall–Kier alpha value is -2.03. The van der Waals surface area contributed by atoms with Crippen LogP contribution in [0.3, 0.4) is 0 Å². The fourth-order valence-electron chi connectivity index (χ4n) is 2.89. The van der Waals surface area contributed by atoms with Gasteiger partial charge in [-0.15, -0.1) is 11.8 Å². The molecule has 2 amide bonds. The van der Waals surface area contributed by atoms with Crippen LogP contribution in [0.1, 0.15) is 25.3 Å². The number of anilines is 2. The highest BCUT2D eigenvalue weighted by Gasteiger charge is 2.27. The van der Waals surface area contributed by atoms with E-state index in [9.17, 15) is 18.0 Å². The SMILES string of the molecule is CC[C@@H]1Sc2ccc(S(=O)(=O)CCC(=O)Nc3cccc(Cl)c3C)cc2NC1=O. The van der Waals surface area contributed by atoms with E-state index >= 15 is 0 Å². The van der Waals surface area contributed by atoms with E-state index in [1.54, 1.807) is 31.2 Å². The number of sulfone groups is 1. The number of carbonyl (C=O) groups is 2. The van der Waals surface area contributed by atoms with Gasteiger partial charge in [0.1, 0.15) is 0 Å². The molecule has 0 radical (unpaired) electrons. The molecule has 9 heteroatoms. The Labute approximate surface area is 179 Å². The highest BCUT2D eigenvalue weighted by atomic mass is 35.5. The molecule has 29 heavy (non-hydrogen) atoms. The maximum absolute atomic E-state index is 12.7. The van der Waals surface area contributed by atoms with Gasteiger partial charge in [-0.1, -0.05) is 24.6 Å². The molecule has 1 atom stereocenters. The number of fused-ring (bicyclic) bond motifs is 1. The second kappa shape index (κ2) is 8.77. The van der Waals surface area contributed by atoms with Crippen LogP contribution in [-0.2, 0) is 19.4 Å². The van der Waals surface area contributed by atoms with Crippen LogP contribution in [0.5, 0.6) is 0 Å². The van der Waals surface area contributed by atoms with Crippen molar-refractivity contribution < 1.29 is 18.0 Å². The van der Waals surface area contributed by atoms with E-state index in [0.29, 0.717) is 22.8 Å². The predicted molar refractivity (Wildman–Crippen MR) is 116 cm³/mol. The van der Waals surface area contributed by atoms with Crippen LogP contribution in [0.15, 0.2) is 46.2 Å².